The molecule has 12 rings (SSSR count). The monoisotopic (exact) mass is 1290 g/mol. The van der Waals surface area contributed by atoms with Crippen LogP contribution in [0.5, 0.6) is 5.75 Å². The molecule has 0 radical (unpaired) electrons. The second kappa shape index (κ2) is 40.4. The van der Waals surface area contributed by atoms with E-state index in [2.05, 4.69) is 98.0 Å². The number of benzene rings is 4. The molecule has 2 bridgehead atoms. The molecule has 0 amide bonds. The molecule has 83 heavy (non-hydrogen) atoms. The van der Waals surface area contributed by atoms with Crippen molar-refractivity contribution in [3.8, 4) is 16.9 Å². The van der Waals surface area contributed by atoms with Gasteiger partial charge in [0.2, 0.25) is 0 Å². The van der Waals surface area contributed by atoms with Crippen LogP contribution >= 0.6 is 35.2 Å². The summed E-state index contributed by atoms with van der Waals surface area (Å²) in [6, 6.07) is 37.8. The summed E-state index contributed by atoms with van der Waals surface area (Å²) in [4.78, 5) is 0. The van der Waals surface area contributed by atoms with Crippen molar-refractivity contribution in [1.82, 2.24) is 0 Å². The third-order valence-corrected chi connectivity index (χ3v) is 30.9. The van der Waals surface area contributed by atoms with E-state index in [4.69, 9.17) is 24.1 Å². The van der Waals surface area contributed by atoms with E-state index in [0.717, 1.165) is 48.7 Å². The van der Waals surface area contributed by atoms with Crippen molar-refractivity contribution in [2.45, 2.75) is 273 Å². The van der Waals surface area contributed by atoms with Crippen LogP contribution in [0.15, 0.2) is 134 Å². The summed E-state index contributed by atoms with van der Waals surface area (Å²) < 4.78 is 12.2. The number of hydrogen-bond donors (Lipinski definition) is 0. The van der Waals surface area contributed by atoms with Gasteiger partial charge in [0.05, 0.1) is 53.4 Å². The maximum absolute atomic E-state index is 5.67. The molecule has 0 aliphatic heterocycles. The standard InChI is InChI=1S/C22H24O.2C18H33P.C7H8.C7H6.C4H8O.2ClH.Ru/c1-2-13-23-21-11-9-18(10-12-21)17-5-7-19(8-6-17)22-15-16-3-4-20(22)14-16;2*1-4-10-16(11-5-1)19(17-12-6-2-7-13-17)18-14-8-3-9-15-18;2*1-7-5-3-2-4-6-7;1-3-5-4-2;;;/h3-12,16,20,22H,2,13-15H2,1H3;2*16-18H,1-15H2;2-6H,1H3;1-6H;3H,1,4H2,2H3;2*1H;/q;;;;;;;;+2. The minimum absolute atomic E-state index is 0.0465. The van der Waals surface area contributed by atoms with Crippen LogP contribution in [-0.4, -0.2) is 51.8 Å². The van der Waals surface area contributed by atoms with Crippen LogP contribution in [0.25, 0.3) is 11.1 Å². The number of ether oxygens (including phenoxy) is 2. The molecule has 0 spiro atoms. The number of allylic oxidation sites excluding steroid dienone is 2. The van der Waals surface area contributed by atoms with Crippen LogP contribution in [0.3, 0.4) is 0 Å². The third kappa shape index (κ3) is 24.4. The van der Waals surface area contributed by atoms with Gasteiger partial charge < -0.3 is 9.47 Å². The first kappa shape index (κ1) is 68.4. The van der Waals surface area contributed by atoms with Crippen molar-refractivity contribution in [1.29, 1.82) is 0 Å². The number of rotatable bonds is 14. The zero-order chi connectivity index (χ0) is 58.1. The summed E-state index contributed by atoms with van der Waals surface area (Å²) in [5.74, 6) is 3.31. The van der Waals surface area contributed by atoms with Crippen LogP contribution in [-0.2, 0) is 18.3 Å². The topological polar surface area (TPSA) is 18.5 Å². The van der Waals surface area contributed by atoms with Crippen molar-refractivity contribution < 1.29 is 23.0 Å². The Morgan fingerprint density at radius 1 is 0.482 bits per heavy atom. The van der Waals surface area contributed by atoms with Crippen LogP contribution in [0.4, 0.5) is 0 Å². The van der Waals surface area contributed by atoms with Crippen molar-refractivity contribution in [2.75, 3.05) is 13.2 Å². The van der Waals surface area contributed by atoms with E-state index >= 15 is 0 Å². The molecule has 3 atom stereocenters. The average molecular weight is 1290 g/mol. The van der Waals surface area contributed by atoms with Crippen LogP contribution in [0, 0.1) is 18.8 Å². The van der Waals surface area contributed by atoms with Gasteiger partial charge in [-0.3, -0.25) is 0 Å². The molecule has 0 heterocycles. The molecule has 8 aliphatic rings. The summed E-state index contributed by atoms with van der Waals surface area (Å²) >= 11 is -1.61. The second-order valence-electron chi connectivity index (χ2n) is 25.9. The number of halogens is 2. The minimum atomic E-state index is -1.61. The van der Waals surface area contributed by atoms with Gasteiger partial charge in [0.25, 0.3) is 0 Å². The maximum atomic E-state index is 5.67. The Morgan fingerprint density at radius 3 is 1.16 bits per heavy atom. The Labute approximate surface area is 524 Å². The Hall–Kier alpha value is -2.11. The summed E-state index contributed by atoms with van der Waals surface area (Å²) in [7, 11) is 11.2. The molecule has 0 aromatic heterocycles. The third-order valence-electron chi connectivity index (χ3n) is 20.0. The van der Waals surface area contributed by atoms with Crippen LogP contribution < -0.4 is 4.74 Å². The van der Waals surface area contributed by atoms with E-state index in [9.17, 15) is 0 Å². The quantitative estimate of drug-likeness (QED) is 0.0542. The Morgan fingerprint density at radius 2 is 0.867 bits per heavy atom. The summed E-state index contributed by atoms with van der Waals surface area (Å²) in [5, 5.41) is 0. The van der Waals surface area contributed by atoms with Gasteiger partial charge in [0.15, 0.2) is 0 Å². The van der Waals surface area contributed by atoms with E-state index in [1.807, 2.05) is 60.1 Å². The van der Waals surface area contributed by atoms with Crippen molar-refractivity contribution in [3.05, 3.63) is 151 Å². The van der Waals surface area contributed by atoms with E-state index in [1.54, 1.807) is 193 Å². The first-order valence-electron chi connectivity index (χ1n) is 34.2. The Kier molecular flexibility index (Phi) is 33.3. The fraction of sp³-hybridized carbons (Fsp3) is 0.618. The van der Waals surface area contributed by atoms with Gasteiger partial charge in [-0.1, -0.05) is 136 Å². The van der Waals surface area contributed by atoms with Gasteiger partial charge in [0.1, 0.15) is 5.75 Å². The molecular formula is C76H114Cl2O2P2Ru+2. The Bertz CT molecular complexity index is 2200. The van der Waals surface area contributed by atoms with Crippen molar-refractivity contribution in [3.63, 3.8) is 0 Å². The molecule has 7 saturated carbocycles. The SMILES string of the molecule is C1CCC([PH+](C2CCCCC2)C2CCCCC2)CC1.C1CCC([PH+](C2CCCCC2)C2CCCCC2)CC1.C=COCC.CCCOc1ccc(-c2ccc(C3CC4C=CC3C4)cc2)cc1.Cc1ccccc1.[Cl][Ru]([Cl])=[CH]c1ccccc1. The summed E-state index contributed by atoms with van der Waals surface area (Å²) in [6.07, 6.45) is 57.6. The van der Waals surface area contributed by atoms with Crippen LogP contribution in [0.1, 0.15) is 248 Å². The fourth-order valence-corrected chi connectivity index (χ4v) is 28.2. The Balaban J connectivity index is 0.000000152. The average Bonchev–Trinajstić information content (AvgIpc) is 4.44. The number of fused-ring (bicyclic) bond motifs is 2. The van der Waals surface area contributed by atoms with Crippen molar-refractivity contribution in [2.24, 2.45) is 11.8 Å². The molecule has 460 valence electrons. The van der Waals surface area contributed by atoms with E-state index in [0.29, 0.717) is 0 Å². The summed E-state index contributed by atoms with van der Waals surface area (Å²) in [6.45, 7) is 11.0. The predicted molar refractivity (Wildman–Crippen MR) is 370 cm³/mol. The van der Waals surface area contributed by atoms with Crippen molar-refractivity contribution >= 4 is 39.8 Å². The number of aryl methyl sites for hydroxylation is 1. The molecule has 2 nitrogen and oxygen atoms in total. The predicted octanol–water partition coefficient (Wildman–Crippen LogP) is 24.1. The molecule has 3 unspecified atom stereocenters. The molecule has 8 aliphatic carbocycles. The molecule has 7 fully saturated rings. The van der Waals surface area contributed by atoms with E-state index < -0.39 is 13.5 Å². The van der Waals surface area contributed by atoms with E-state index in [1.165, 1.54) is 75.3 Å². The summed E-state index contributed by atoms with van der Waals surface area (Å²) in [5.41, 5.74) is 13.9. The zero-order valence-corrected chi connectivity index (χ0v) is 57.5. The molecule has 7 heteroatoms. The molecule has 0 N–H and O–H groups in total. The molecule has 0 saturated heterocycles. The normalized spacial score (nSPS) is 22.6. The van der Waals surface area contributed by atoms with E-state index in [-0.39, 0.29) is 15.8 Å². The first-order valence-corrected chi connectivity index (χ1v) is 43.1. The first-order chi connectivity index (χ1) is 40.8. The van der Waals surface area contributed by atoms with Gasteiger partial charge in [-0.2, -0.15) is 0 Å². The van der Waals surface area contributed by atoms with Gasteiger partial charge in [-0.25, -0.2) is 0 Å². The van der Waals surface area contributed by atoms with Gasteiger partial charge in [0, 0.05) is 15.8 Å². The zero-order valence-electron chi connectivity index (χ0n) is 52.3. The van der Waals surface area contributed by atoms with Gasteiger partial charge >= 0.3 is 73.4 Å². The molecule has 4 aromatic rings. The van der Waals surface area contributed by atoms with Crippen LogP contribution in [0.2, 0.25) is 0 Å². The number of hydrogen-bond acceptors (Lipinski definition) is 2. The van der Waals surface area contributed by atoms with Gasteiger partial charge in [-0.15, -0.1) is 0 Å². The second-order valence-corrected chi connectivity index (χ2v) is 38.5. The van der Waals surface area contributed by atoms with Gasteiger partial charge in [-0.05, 0) is 234 Å². The molecule has 4 aromatic carbocycles. The fourth-order valence-electron chi connectivity index (χ4n) is 15.9. The molecular weight excluding hydrogens is 1180 g/mol.